The highest BCUT2D eigenvalue weighted by molar-refractivity contribution is 5.91. The third-order valence-electron chi connectivity index (χ3n) is 4.19. The van der Waals surface area contributed by atoms with Gasteiger partial charge in [0.1, 0.15) is 6.54 Å². The Balaban J connectivity index is 1.74. The van der Waals surface area contributed by atoms with Gasteiger partial charge in [0.05, 0.1) is 11.1 Å². The number of nitrogens with zero attached hydrogens (tertiary/aromatic N) is 3. The van der Waals surface area contributed by atoms with Gasteiger partial charge in [-0.15, -0.1) is 0 Å². The molecule has 0 atom stereocenters. The summed E-state index contributed by atoms with van der Waals surface area (Å²) >= 11 is 0. The molecule has 1 N–H and O–H groups in total. The largest absolute Gasteiger partial charge is 0.324 e. The van der Waals surface area contributed by atoms with Crippen LogP contribution >= 0.6 is 0 Å². The van der Waals surface area contributed by atoms with Crippen LogP contribution in [0.3, 0.4) is 0 Å². The zero-order valence-electron chi connectivity index (χ0n) is 14.5. The first-order chi connectivity index (χ1) is 13.5. The second kappa shape index (κ2) is 7.07. The van der Waals surface area contributed by atoms with Crippen LogP contribution in [-0.4, -0.2) is 20.3 Å². The van der Waals surface area contributed by atoms with Crippen LogP contribution in [0.25, 0.3) is 16.7 Å². The Morgan fingerprint density at radius 3 is 2.54 bits per heavy atom. The highest BCUT2D eigenvalue weighted by Gasteiger charge is 2.18. The lowest BCUT2D eigenvalue weighted by atomic mass is 10.3. The van der Waals surface area contributed by atoms with Crippen molar-refractivity contribution in [2.24, 2.45) is 0 Å². The molecule has 4 aromatic rings. The van der Waals surface area contributed by atoms with Gasteiger partial charge in [-0.3, -0.25) is 14.3 Å². The number of carbonyl (C=O) groups excluding carboxylic acids is 1. The van der Waals surface area contributed by atoms with Gasteiger partial charge in [0.15, 0.2) is 17.3 Å². The Morgan fingerprint density at radius 2 is 1.79 bits per heavy atom. The minimum atomic E-state index is -1.06. The van der Waals surface area contributed by atoms with E-state index in [1.54, 1.807) is 36.4 Å². The molecule has 0 unspecified atom stereocenters. The fraction of sp³-hybridized carbons (Fsp3) is 0.0500. The Labute approximate surface area is 157 Å². The molecule has 140 valence electrons. The zero-order valence-corrected chi connectivity index (χ0v) is 14.5. The van der Waals surface area contributed by atoms with Crippen molar-refractivity contribution in [2.75, 3.05) is 5.32 Å². The van der Waals surface area contributed by atoms with Gasteiger partial charge < -0.3 is 5.32 Å². The monoisotopic (exact) mass is 380 g/mol. The third kappa shape index (κ3) is 3.16. The van der Waals surface area contributed by atoms with Gasteiger partial charge in [-0.2, -0.15) is 0 Å². The molecule has 0 aliphatic rings. The maximum atomic E-state index is 13.4. The molecule has 2 heterocycles. The number of halogens is 2. The Morgan fingerprint density at radius 1 is 1.00 bits per heavy atom. The van der Waals surface area contributed by atoms with Crippen molar-refractivity contribution in [1.29, 1.82) is 0 Å². The van der Waals surface area contributed by atoms with Crippen LogP contribution in [0.4, 0.5) is 14.5 Å². The first kappa shape index (κ1) is 17.6. The first-order valence-corrected chi connectivity index (χ1v) is 8.41. The molecule has 6 nitrogen and oxygen atoms in total. The van der Waals surface area contributed by atoms with Crippen LogP contribution in [0.1, 0.15) is 0 Å². The van der Waals surface area contributed by atoms with Gasteiger partial charge in [0.2, 0.25) is 5.91 Å². The predicted octanol–water partition coefficient (Wildman–Crippen LogP) is 3.10. The zero-order chi connectivity index (χ0) is 19.7. The molecule has 0 aliphatic carbocycles. The summed E-state index contributed by atoms with van der Waals surface area (Å²) < 4.78 is 29.2. The SMILES string of the molecule is O=C(Cn1c2ncccc2c(=O)n1-c1ccccc1)Nc1ccc(F)c(F)c1. The second-order valence-electron chi connectivity index (χ2n) is 6.06. The van der Waals surface area contributed by atoms with Gasteiger partial charge in [0.25, 0.3) is 5.56 Å². The van der Waals surface area contributed by atoms with Gasteiger partial charge in [0, 0.05) is 18.0 Å². The van der Waals surface area contributed by atoms with Gasteiger partial charge in [-0.1, -0.05) is 18.2 Å². The summed E-state index contributed by atoms with van der Waals surface area (Å²) in [7, 11) is 0. The normalized spacial score (nSPS) is 10.9. The molecule has 4 rings (SSSR count). The van der Waals surface area contributed by atoms with Crippen LogP contribution in [0.5, 0.6) is 0 Å². The molecular weight excluding hydrogens is 366 g/mol. The highest BCUT2D eigenvalue weighted by atomic mass is 19.2. The number of anilines is 1. The first-order valence-electron chi connectivity index (χ1n) is 8.41. The number of fused-ring (bicyclic) bond motifs is 1. The average molecular weight is 380 g/mol. The minimum absolute atomic E-state index is 0.113. The van der Waals surface area contributed by atoms with E-state index in [1.807, 2.05) is 6.07 Å². The topological polar surface area (TPSA) is 68.9 Å². The van der Waals surface area contributed by atoms with E-state index in [1.165, 1.54) is 21.6 Å². The van der Waals surface area contributed by atoms with Crippen LogP contribution in [0.2, 0.25) is 0 Å². The Bertz CT molecular complexity index is 1230. The van der Waals surface area contributed by atoms with Crippen LogP contribution < -0.4 is 10.9 Å². The number of pyridine rings is 1. The standard InChI is InChI=1S/C20H14F2N4O2/c21-16-9-8-13(11-17(16)22)24-18(27)12-25-19-15(7-4-10-23-19)20(28)26(25)14-5-2-1-3-6-14/h1-11H,12H2,(H,24,27). The number of rotatable bonds is 4. The summed E-state index contributed by atoms with van der Waals surface area (Å²) in [4.78, 5) is 29.6. The lowest BCUT2D eigenvalue weighted by Gasteiger charge is -2.12. The van der Waals surface area contributed by atoms with E-state index in [-0.39, 0.29) is 17.8 Å². The van der Waals surface area contributed by atoms with E-state index in [9.17, 15) is 18.4 Å². The summed E-state index contributed by atoms with van der Waals surface area (Å²) in [6.07, 6.45) is 1.53. The lowest BCUT2D eigenvalue weighted by Crippen LogP contribution is -2.27. The van der Waals surface area contributed by atoms with Gasteiger partial charge in [-0.05, 0) is 36.4 Å². The minimum Gasteiger partial charge on any atom is -0.324 e. The number of amides is 1. The molecular formula is C20H14F2N4O2. The number of hydrogen-bond acceptors (Lipinski definition) is 3. The number of carbonyl (C=O) groups is 1. The van der Waals surface area contributed by atoms with Crippen molar-refractivity contribution in [3.8, 4) is 5.69 Å². The van der Waals surface area contributed by atoms with E-state index in [2.05, 4.69) is 10.3 Å². The molecule has 0 saturated heterocycles. The van der Waals surface area contributed by atoms with Crippen molar-refractivity contribution >= 4 is 22.6 Å². The molecule has 1 amide bonds. The van der Waals surface area contributed by atoms with E-state index >= 15 is 0 Å². The second-order valence-corrected chi connectivity index (χ2v) is 6.06. The number of aromatic nitrogens is 3. The Kier molecular flexibility index (Phi) is 4.44. The lowest BCUT2D eigenvalue weighted by molar-refractivity contribution is -0.116. The van der Waals surface area contributed by atoms with Gasteiger partial charge in [-0.25, -0.2) is 18.4 Å². The molecule has 28 heavy (non-hydrogen) atoms. The van der Waals surface area contributed by atoms with Crippen molar-refractivity contribution < 1.29 is 13.6 Å². The number of hydrogen-bond donors (Lipinski definition) is 1. The highest BCUT2D eigenvalue weighted by Crippen LogP contribution is 2.15. The smallest absolute Gasteiger partial charge is 0.280 e. The van der Waals surface area contributed by atoms with Crippen molar-refractivity contribution in [2.45, 2.75) is 6.54 Å². The van der Waals surface area contributed by atoms with Crippen LogP contribution in [0.15, 0.2) is 71.7 Å². The van der Waals surface area contributed by atoms with E-state index < -0.39 is 17.5 Å². The molecule has 0 saturated carbocycles. The maximum Gasteiger partial charge on any atom is 0.280 e. The number of para-hydroxylation sites is 1. The third-order valence-corrected chi connectivity index (χ3v) is 4.19. The molecule has 0 aliphatic heterocycles. The summed E-state index contributed by atoms with van der Waals surface area (Å²) in [5.74, 6) is -2.58. The molecule has 2 aromatic carbocycles. The molecule has 0 bridgehead atoms. The Hall–Kier alpha value is -3.81. The van der Waals surface area contributed by atoms with E-state index in [0.717, 1.165) is 12.1 Å². The van der Waals surface area contributed by atoms with Crippen LogP contribution in [-0.2, 0) is 11.3 Å². The van der Waals surface area contributed by atoms with Crippen molar-refractivity contribution in [3.05, 3.63) is 88.8 Å². The number of benzene rings is 2. The van der Waals surface area contributed by atoms with Crippen LogP contribution in [0, 0.1) is 11.6 Å². The molecule has 0 radical (unpaired) electrons. The fourth-order valence-electron chi connectivity index (χ4n) is 2.97. The summed E-state index contributed by atoms with van der Waals surface area (Å²) in [6, 6.07) is 15.2. The molecule has 2 aromatic heterocycles. The van der Waals surface area contributed by atoms with E-state index in [0.29, 0.717) is 16.7 Å². The average Bonchev–Trinajstić information content (AvgIpc) is 2.97. The fourth-order valence-corrected chi connectivity index (χ4v) is 2.97. The predicted molar refractivity (Wildman–Crippen MR) is 100 cm³/mol. The molecule has 8 heteroatoms. The molecule has 0 fully saturated rings. The maximum absolute atomic E-state index is 13.4. The summed E-state index contributed by atoms with van der Waals surface area (Å²) in [6.45, 7) is -0.246. The quantitative estimate of drug-likeness (QED) is 0.592. The van der Waals surface area contributed by atoms with Gasteiger partial charge >= 0.3 is 0 Å². The van der Waals surface area contributed by atoms with E-state index in [4.69, 9.17) is 0 Å². The number of nitrogens with one attached hydrogen (secondary N) is 1. The molecule has 0 spiro atoms. The summed E-state index contributed by atoms with van der Waals surface area (Å²) in [5.41, 5.74) is 0.722. The summed E-state index contributed by atoms with van der Waals surface area (Å²) in [5, 5.41) is 2.87. The van der Waals surface area contributed by atoms with Crippen molar-refractivity contribution in [1.82, 2.24) is 14.3 Å². The van der Waals surface area contributed by atoms with Crippen molar-refractivity contribution in [3.63, 3.8) is 0 Å².